The van der Waals surface area contributed by atoms with Crippen molar-refractivity contribution in [3.8, 4) is 5.69 Å². The van der Waals surface area contributed by atoms with Crippen LogP contribution in [0, 0.1) is 19.3 Å². The molecule has 6 heteroatoms. The van der Waals surface area contributed by atoms with Gasteiger partial charge in [0.1, 0.15) is 0 Å². The summed E-state index contributed by atoms with van der Waals surface area (Å²) >= 11 is 0. The Balaban J connectivity index is 1.56. The third-order valence-corrected chi connectivity index (χ3v) is 5.89. The highest BCUT2D eigenvalue weighted by molar-refractivity contribution is 5.80. The third-order valence-electron chi connectivity index (χ3n) is 5.89. The predicted molar refractivity (Wildman–Crippen MR) is 112 cm³/mol. The van der Waals surface area contributed by atoms with Crippen molar-refractivity contribution >= 4 is 5.96 Å². The lowest BCUT2D eigenvalue weighted by Gasteiger charge is -2.25. The minimum absolute atomic E-state index is 0.331. The minimum Gasteiger partial charge on any atom is -0.381 e. The van der Waals surface area contributed by atoms with Gasteiger partial charge in [-0.25, -0.2) is 9.67 Å². The van der Waals surface area contributed by atoms with Gasteiger partial charge < -0.3 is 15.0 Å². The molecule has 0 bridgehead atoms. The van der Waals surface area contributed by atoms with Gasteiger partial charge >= 0.3 is 0 Å². The second-order valence-corrected chi connectivity index (χ2v) is 8.11. The maximum Gasteiger partial charge on any atom is 0.194 e. The number of aryl methyl sites for hydroxylation is 2. The van der Waals surface area contributed by atoms with Gasteiger partial charge in [0.15, 0.2) is 5.96 Å². The standard InChI is InChI=1S/C22H31N5O/c1-4-23-21(26-11-9-22(15-26)10-12-28-16-22)24-14-19-7-5-6-8-20(19)27-18(3)13-17(2)25-27/h5-8,13H,4,9-12,14-16H2,1-3H3,(H,23,24). The van der Waals surface area contributed by atoms with E-state index in [-0.39, 0.29) is 0 Å². The van der Waals surface area contributed by atoms with E-state index in [0.29, 0.717) is 12.0 Å². The summed E-state index contributed by atoms with van der Waals surface area (Å²) < 4.78 is 7.70. The first-order valence-electron chi connectivity index (χ1n) is 10.3. The molecule has 1 aromatic carbocycles. The van der Waals surface area contributed by atoms with E-state index in [2.05, 4.69) is 59.5 Å². The van der Waals surface area contributed by atoms with Gasteiger partial charge in [-0.2, -0.15) is 5.10 Å². The normalized spacial score (nSPS) is 22.4. The van der Waals surface area contributed by atoms with Crippen LogP contribution in [0.5, 0.6) is 0 Å². The lowest BCUT2D eigenvalue weighted by atomic mass is 9.87. The number of ether oxygens (including phenoxy) is 1. The van der Waals surface area contributed by atoms with Gasteiger partial charge in [0.05, 0.1) is 24.5 Å². The lowest BCUT2D eigenvalue weighted by Crippen LogP contribution is -2.41. The second-order valence-electron chi connectivity index (χ2n) is 8.11. The van der Waals surface area contributed by atoms with Crippen LogP contribution in [0.25, 0.3) is 5.69 Å². The summed E-state index contributed by atoms with van der Waals surface area (Å²) in [6, 6.07) is 10.5. The van der Waals surface area contributed by atoms with Gasteiger partial charge in [0.2, 0.25) is 0 Å². The molecule has 150 valence electrons. The topological polar surface area (TPSA) is 54.7 Å². The highest BCUT2D eigenvalue weighted by Crippen LogP contribution is 2.38. The summed E-state index contributed by atoms with van der Waals surface area (Å²) in [5.74, 6) is 1.01. The SMILES string of the molecule is CCNC(=NCc1ccccc1-n1nc(C)cc1C)N1CCC2(CCOC2)C1. The molecule has 0 radical (unpaired) electrons. The Hall–Kier alpha value is -2.34. The molecule has 1 unspecified atom stereocenters. The van der Waals surface area contributed by atoms with Crippen molar-refractivity contribution in [2.75, 3.05) is 32.8 Å². The molecule has 6 nitrogen and oxygen atoms in total. The number of nitrogens with zero attached hydrogens (tertiary/aromatic N) is 4. The van der Waals surface area contributed by atoms with Gasteiger partial charge in [-0.3, -0.25) is 0 Å². The fraction of sp³-hybridized carbons (Fsp3) is 0.545. The summed E-state index contributed by atoms with van der Waals surface area (Å²) in [7, 11) is 0. The summed E-state index contributed by atoms with van der Waals surface area (Å²) in [6.07, 6.45) is 2.36. The quantitative estimate of drug-likeness (QED) is 0.653. The van der Waals surface area contributed by atoms with E-state index in [0.717, 1.165) is 55.9 Å². The van der Waals surface area contributed by atoms with Crippen molar-refractivity contribution in [1.82, 2.24) is 20.0 Å². The molecule has 2 saturated heterocycles. The van der Waals surface area contributed by atoms with E-state index in [1.165, 1.54) is 18.4 Å². The van der Waals surface area contributed by atoms with Gasteiger partial charge in [-0.1, -0.05) is 18.2 Å². The first-order valence-corrected chi connectivity index (χ1v) is 10.3. The molecule has 1 N–H and O–H groups in total. The van der Waals surface area contributed by atoms with E-state index >= 15 is 0 Å². The van der Waals surface area contributed by atoms with E-state index < -0.39 is 0 Å². The highest BCUT2D eigenvalue weighted by Gasteiger charge is 2.42. The van der Waals surface area contributed by atoms with E-state index in [9.17, 15) is 0 Å². The number of benzene rings is 1. The molecule has 1 atom stereocenters. The maximum atomic E-state index is 5.68. The Morgan fingerprint density at radius 2 is 2.14 bits per heavy atom. The maximum absolute atomic E-state index is 5.68. The zero-order valence-electron chi connectivity index (χ0n) is 17.2. The van der Waals surface area contributed by atoms with Crippen molar-refractivity contribution in [2.45, 2.75) is 40.2 Å². The second kappa shape index (κ2) is 7.95. The number of aliphatic imine (C=N–C) groups is 1. The highest BCUT2D eigenvalue weighted by atomic mass is 16.5. The summed E-state index contributed by atoms with van der Waals surface area (Å²) in [5.41, 5.74) is 4.79. The smallest absolute Gasteiger partial charge is 0.194 e. The molecule has 2 aromatic rings. The largest absolute Gasteiger partial charge is 0.381 e. The molecular weight excluding hydrogens is 350 g/mol. The molecule has 0 saturated carbocycles. The average Bonchev–Trinajstić information content (AvgIpc) is 3.41. The van der Waals surface area contributed by atoms with Crippen LogP contribution in [0.4, 0.5) is 0 Å². The van der Waals surface area contributed by atoms with E-state index in [1.54, 1.807) is 0 Å². The molecular formula is C22H31N5O. The lowest BCUT2D eigenvalue weighted by molar-refractivity contribution is 0.156. The zero-order valence-corrected chi connectivity index (χ0v) is 17.2. The van der Waals surface area contributed by atoms with Crippen LogP contribution in [0.2, 0.25) is 0 Å². The Labute approximate surface area is 167 Å². The first kappa shape index (κ1) is 19.0. The van der Waals surface area contributed by atoms with Crippen molar-refractivity contribution in [3.05, 3.63) is 47.3 Å². The Morgan fingerprint density at radius 3 is 2.86 bits per heavy atom. The van der Waals surface area contributed by atoms with Crippen molar-refractivity contribution in [1.29, 1.82) is 0 Å². The van der Waals surface area contributed by atoms with Crippen molar-refractivity contribution < 1.29 is 4.74 Å². The molecule has 2 fully saturated rings. The predicted octanol–water partition coefficient (Wildman–Crippen LogP) is 3.07. The number of aromatic nitrogens is 2. The van der Waals surface area contributed by atoms with Gasteiger partial charge in [0, 0.05) is 37.4 Å². The fourth-order valence-electron chi connectivity index (χ4n) is 4.40. The molecule has 28 heavy (non-hydrogen) atoms. The van der Waals surface area contributed by atoms with Crippen molar-refractivity contribution in [2.24, 2.45) is 10.4 Å². The van der Waals surface area contributed by atoms with Crippen LogP contribution in [0.1, 0.15) is 36.7 Å². The van der Waals surface area contributed by atoms with Gasteiger partial charge in [0.25, 0.3) is 0 Å². The number of rotatable bonds is 4. The molecule has 2 aliphatic rings. The summed E-state index contributed by atoms with van der Waals surface area (Å²) in [5, 5.41) is 8.15. The number of hydrogen-bond donors (Lipinski definition) is 1. The number of likely N-dealkylation sites (tertiary alicyclic amines) is 1. The number of guanidine groups is 1. The minimum atomic E-state index is 0.331. The molecule has 3 heterocycles. The van der Waals surface area contributed by atoms with Crippen molar-refractivity contribution in [3.63, 3.8) is 0 Å². The van der Waals surface area contributed by atoms with Crippen LogP contribution in [-0.4, -0.2) is 53.5 Å². The number of para-hydroxylation sites is 1. The number of hydrogen-bond acceptors (Lipinski definition) is 3. The zero-order chi connectivity index (χ0) is 19.6. The Kier molecular flexibility index (Phi) is 5.40. The van der Waals surface area contributed by atoms with E-state index in [4.69, 9.17) is 9.73 Å². The molecule has 2 aliphatic heterocycles. The van der Waals surface area contributed by atoms with Crippen LogP contribution < -0.4 is 5.32 Å². The molecule has 4 rings (SSSR count). The molecule has 0 aliphatic carbocycles. The number of nitrogens with one attached hydrogen (secondary N) is 1. The van der Waals surface area contributed by atoms with Crippen LogP contribution >= 0.6 is 0 Å². The Morgan fingerprint density at radius 1 is 1.29 bits per heavy atom. The Bertz CT molecular complexity index is 850. The van der Waals surface area contributed by atoms with Gasteiger partial charge in [-0.05, 0) is 51.3 Å². The molecule has 1 aromatic heterocycles. The van der Waals surface area contributed by atoms with Crippen LogP contribution in [0.3, 0.4) is 0 Å². The van der Waals surface area contributed by atoms with Gasteiger partial charge in [-0.15, -0.1) is 0 Å². The van der Waals surface area contributed by atoms with Crippen LogP contribution in [0.15, 0.2) is 35.3 Å². The summed E-state index contributed by atoms with van der Waals surface area (Å²) in [4.78, 5) is 7.40. The average molecular weight is 382 g/mol. The van der Waals surface area contributed by atoms with E-state index in [1.807, 2.05) is 11.6 Å². The molecule has 0 amide bonds. The fourth-order valence-corrected chi connectivity index (χ4v) is 4.40. The summed E-state index contributed by atoms with van der Waals surface area (Å²) in [6.45, 7) is 11.6. The monoisotopic (exact) mass is 381 g/mol. The molecule has 1 spiro atoms. The first-order chi connectivity index (χ1) is 13.6. The third kappa shape index (κ3) is 3.78. The van der Waals surface area contributed by atoms with Crippen LogP contribution in [-0.2, 0) is 11.3 Å².